The molecule has 3 aliphatic rings. The first-order chi connectivity index (χ1) is 11.2. The smallest absolute Gasteiger partial charge is 0.358 e. The summed E-state index contributed by atoms with van der Waals surface area (Å²) in [5, 5.41) is 0. The van der Waals surface area contributed by atoms with E-state index in [1.54, 1.807) is 0 Å². The Morgan fingerprint density at radius 2 is 0.739 bits per heavy atom. The predicted molar refractivity (Wildman–Crippen MR) is 95.5 cm³/mol. The average Bonchev–Trinajstić information content (AvgIpc) is 2.57. The molecule has 0 aliphatic heterocycles. The maximum absolute atomic E-state index is 6.91. The largest absolute Gasteiger partial charge is 0.613 e. The lowest BCUT2D eigenvalue weighted by Crippen LogP contribution is -2.49. The highest BCUT2D eigenvalue weighted by atomic mass is 35.6. The van der Waals surface area contributed by atoms with Gasteiger partial charge in [0.15, 0.2) is 0 Å². The minimum atomic E-state index is -3.04. The Kier molecular flexibility index (Phi) is 7.26. The third-order valence-corrected chi connectivity index (χ3v) is 8.23. The Morgan fingerprint density at radius 1 is 0.478 bits per heavy atom. The summed E-state index contributed by atoms with van der Waals surface area (Å²) in [4.78, 5) is 0. The van der Waals surface area contributed by atoms with E-state index in [1.807, 2.05) is 0 Å². The van der Waals surface area contributed by atoms with Crippen molar-refractivity contribution >= 4 is 19.2 Å². The normalized spacial score (nSPS) is 26.5. The summed E-state index contributed by atoms with van der Waals surface area (Å²) in [5.41, 5.74) is 0. The molecular formula is C18H33ClO3Si. The molecule has 0 radical (unpaired) electrons. The molecule has 3 fully saturated rings. The lowest BCUT2D eigenvalue weighted by molar-refractivity contribution is -0.0247. The van der Waals surface area contributed by atoms with Crippen LogP contribution in [0.25, 0.3) is 0 Å². The van der Waals surface area contributed by atoms with Crippen LogP contribution in [0, 0.1) is 0 Å². The van der Waals surface area contributed by atoms with Crippen LogP contribution in [-0.4, -0.2) is 26.4 Å². The van der Waals surface area contributed by atoms with E-state index in [2.05, 4.69) is 0 Å². The van der Waals surface area contributed by atoms with Gasteiger partial charge in [0.2, 0.25) is 0 Å². The fourth-order valence-electron chi connectivity index (χ4n) is 4.23. The van der Waals surface area contributed by atoms with Crippen LogP contribution in [0.2, 0.25) is 0 Å². The third-order valence-electron chi connectivity index (χ3n) is 5.58. The van der Waals surface area contributed by atoms with Crippen molar-refractivity contribution in [2.45, 2.75) is 115 Å². The van der Waals surface area contributed by atoms with Crippen LogP contribution in [-0.2, 0) is 13.3 Å². The number of rotatable bonds is 6. The van der Waals surface area contributed by atoms with Crippen LogP contribution in [0.1, 0.15) is 96.3 Å². The van der Waals surface area contributed by atoms with Gasteiger partial charge in [0, 0.05) is 0 Å². The fourth-order valence-corrected chi connectivity index (χ4v) is 7.43. The second-order valence-corrected chi connectivity index (χ2v) is 10.7. The van der Waals surface area contributed by atoms with Crippen molar-refractivity contribution in [2.24, 2.45) is 0 Å². The summed E-state index contributed by atoms with van der Waals surface area (Å²) < 4.78 is 19.0. The molecule has 0 atom stereocenters. The van der Waals surface area contributed by atoms with Crippen molar-refractivity contribution < 1.29 is 13.3 Å². The van der Waals surface area contributed by atoms with Gasteiger partial charge in [-0.2, -0.15) is 0 Å². The van der Waals surface area contributed by atoms with Crippen molar-refractivity contribution in [1.29, 1.82) is 0 Å². The van der Waals surface area contributed by atoms with Crippen molar-refractivity contribution in [3.8, 4) is 0 Å². The van der Waals surface area contributed by atoms with Gasteiger partial charge in [-0.25, -0.2) is 0 Å². The molecule has 0 amide bonds. The van der Waals surface area contributed by atoms with E-state index in [1.165, 1.54) is 57.8 Å². The second-order valence-electron chi connectivity index (χ2n) is 7.62. The first-order valence-electron chi connectivity index (χ1n) is 9.96. The molecule has 134 valence electrons. The summed E-state index contributed by atoms with van der Waals surface area (Å²) >= 11 is 6.91. The molecule has 0 bridgehead atoms. The first kappa shape index (κ1) is 18.2. The number of halogens is 1. The van der Waals surface area contributed by atoms with E-state index < -0.39 is 8.11 Å². The molecular weight excluding hydrogens is 328 g/mol. The molecule has 0 aromatic carbocycles. The molecule has 0 aromatic rings. The molecule has 5 heteroatoms. The molecule has 0 N–H and O–H groups in total. The highest BCUT2D eigenvalue weighted by molar-refractivity contribution is 7.09. The summed E-state index contributed by atoms with van der Waals surface area (Å²) in [6.07, 6.45) is 18.9. The van der Waals surface area contributed by atoms with Gasteiger partial charge in [-0.1, -0.05) is 68.9 Å². The zero-order valence-electron chi connectivity index (χ0n) is 14.4. The quantitative estimate of drug-likeness (QED) is 0.448. The van der Waals surface area contributed by atoms with Gasteiger partial charge in [-0.15, -0.1) is 0 Å². The highest BCUT2D eigenvalue weighted by Crippen LogP contribution is 2.33. The summed E-state index contributed by atoms with van der Waals surface area (Å²) in [6, 6.07) is 0. The summed E-state index contributed by atoms with van der Waals surface area (Å²) in [5.74, 6) is 0. The van der Waals surface area contributed by atoms with E-state index in [4.69, 9.17) is 24.4 Å². The monoisotopic (exact) mass is 360 g/mol. The van der Waals surface area contributed by atoms with Crippen LogP contribution in [0.15, 0.2) is 0 Å². The van der Waals surface area contributed by atoms with E-state index in [0.29, 0.717) is 0 Å². The summed E-state index contributed by atoms with van der Waals surface area (Å²) in [6.45, 7) is 0. The first-order valence-corrected chi connectivity index (χ1v) is 12.7. The van der Waals surface area contributed by atoms with Gasteiger partial charge >= 0.3 is 8.11 Å². The molecule has 0 heterocycles. The molecule has 0 aromatic heterocycles. The Hall–Kier alpha value is 0.387. The van der Waals surface area contributed by atoms with Crippen LogP contribution >= 0.6 is 11.1 Å². The summed E-state index contributed by atoms with van der Waals surface area (Å²) in [7, 11) is -3.04. The molecule has 3 aliphatic carbocycles. The zero-order valence-corrected chi connectivity index (χ0v) is 16.2. The van der Waals surface area contributed by atoms with Gasteiger partial charge in [-0.3, -0.25) is 0 Å². The predicted octanol–water partition coefficient (Wildman–Crippen LogP) is 5.71. The highest BCUT2D eigenvalue weighted by Gasteiger charge is 2.47. The lowest BCUT2D eigenvalue weighted by atomic mass is 9.98. The van der Waals surface area contributed by atoms with E-state index >= 15 is 0 Å². The maximum Gasteiger partial charge on any atom is 0.613 e. The molecule has 0 saturated heterocycles. The van der Waals surface area contributed by atoms with Gasteiger partial charge < -0.3 is 13.3 Å². The molecule has 3 nitrogen and oxygen atoms in total. The topological polar surface area (TPSA) is 27.7 Å². The average molecular weight is 361 g/mol. The minimum Gasteiger partial charge on any atom is -0.358 e. The molecule has 3 saturated carbocycles. The standard InChI is InChI=1S/C18H33ClO3Si/c19-23(20-16-10-4-1-5-11-16,21-17-12-6-2-7-13-17)22-18-14-8-3-9-15-18/h16-18H,1-15H2. The molecule has 3 rings (SSSR count). The van der Waals surface area contributed by atoms with Gasteiger partial charge in [0.25, 0.3) is 0 Å². The lowest BCUT2D eigenvalue weighted by Gasteiger charge is -2.37. The number of hydrogen-bond donors (Lipinski definition) is 0. The minimum absolute atomic E-state index is 0.250. The van der Waals surface area contributed by atoms with Gasteiger partial charge in [-0.05, 0) is 38.5 Å². The second kappa shape index (κ2) is 9.19. The van der Waals surface area contributed by atoms with Crippen molar-refractivity contribution in [3.05, 3.63) is 0 Å². The van der Waals surface area contributed by atoms with Gasteiger partial charge in [0.1, 0.15) is 0 Å². The fraction of sp³-hybridized carbons (Fsp3) is 1.00. The van der Waals surface area contributed by atoms with Crippen LogP contribution in [0.3, 0.4) is 0 Å². The molecule has 0 spiro atoms. The zero-order chi connectivity index (χ0) is 16.0. The van der Waals surface area contributed by atoms with E-state index in [9.17, 15) is 0 Å². The maximum atomic E-state index is 6.91. The van der Waals surface area contributed by atoms with Crippen molar-refractivity contribution in [1.82, 2.24) is 0 Å². The molecule has 0 unspecified atom stereocenters. The van der Waals surface area contributed by atoms with Gasteiger partial charge in [0.05, 0.1) is 18.3 Å². The van der Waals surface area contributed by atoms with Crippen LogP contribution in [0.5, 0.6) is 0 Å². The molecule has 23 heavy (non-hydrogen) atoms. The SMILES string of the molecule is Cl[Si](OC1CCCCC1)(OC1CCCCC1)OC1CCCCC1. The van der Waals surface area contributed by atoms with Crippen molar-refractivity contribution in [2.75, 3.05) is 0 Å². The van der Waals surface area contributed by atoms with Crippen LogP contribution in [0.4, 0.5) is 0 Å². The Labute approximate surface area is 147 Å². The Morgan fingerprint density at radius 3 is 1.00 bits per heavy atom. The van der Waals surface area contributed by atoms with E-state index in [-0.39, 0.29) is 18.3 Å². The number of hydrogen-bond acceptors (Lipinski definition) is 3. The Bertz CT molecular complexity index is 287. The van der Waals surface area contributed by atoms with Crippen LogP contribution < -0.4 is 0 Å². The third kappa shape index (κ3) is 6.00. The Balaban J connectivity index is 1.59. The van der Waals surface area contributed by atoms with E-state index in [0.717, 1.165) is 38.5 Å². The van der Waals surface area contributed by atoms with Crippen molar-refractivity contribution in [3.63, 3.8) is 0 Å².